The monoisotopic (exact) mass is 176 g/mol. The SMILES string of the molecule is C=CC(=C)/C=C\C(=C/C)C(C)(C)C. The summed E-state index contributed by atoms with van der Waals surface area (Å²) in [5.41, 5.74) is 2.46. The number of hydrogen-bond acceptors (Lipinski definition) is 0. The number of hydrogen-bond donors (Lipinski definition) is 0. The van der Waals surface area contributed by atoms with Gasteiger partial charge in [0, 0.05) is 0 Å². The molecule has 0 fully saturated rings. The molecule has 0 N–H and O–H groups in total. The Morgan fingerprint density at radius 2 is 1.69 bits per heavy atom. The van der Waals surface area contributed by atoms with Gasteiger partial charge in [-0.3, -0.25) is 0 Å². The van der Waals surface area contributed by atoms with E-state index in [2.05, 4.69) is 53.0 Å². The first-order chi connectivity index (χ1) is 5.91. The van der Waals surface area contributed by atoms with Crippen LogP contribution in [-0.4, -0.2) is 0 Å². The lowest BCUT2D eigenvalue weighted by Gasteiger charge is -2.19. The second-order valence-corrected chi connectivity index (χ2v) is 4.11. The predicted molar refractivity (Wildman–Crippen MR) is 61.7 cm³/mol. The maximum atomic E-state index is 3.83. The highest BCUT2D eigenvalue weighted by atomic mass is 14.2. The van der Waals surface area contributed by atoms with Crippen molar-refractivity contribution in [1.82, 2.24) is 0 Å². The zero-order valence-electron chi connectivity index (χ0n) is 9.22. The summed E-state index contributed by atoms with van der Waals surface area (Å²) in [6, 6.07) is 0. The zero-order chi connectivity index (χ0) is 10.5. The molecule has 0 heteroatoms. The second-order valence-electron chi connectivity index (χ2n) is 4.11. The summed E-state index contributed by atoms with van der Waals surface area (Å²) in [7, 11) is 0. The zero-order valence-corrected chi connectivity index (χ0v) is 9.22. The first-order valence-electron chi connectivity index (χ1n) is 4.58. The third-order valence-corrected chi connectivity index (χ3v) is 1.92. The van der Waals surface area contributed by atoms with Crippen molar-refractivity contribution in [1.29, 1.82) is 0 Å². The fraction of sp³-hybridized carbons (Fsp3) is 0.385. The average Bonchev–Trinajstić information content (AvgIpc) is 2.02. The van der Waals surface area contributed by atoms with Crippen molar-refractivity contribution in [2.45, 2.75) is 27.7 Å². The summed E-state index contributed by atoms with van der Waals surface area (Å²) < 4.78 is 0. The fourth-order valence-electron chi connectivity index (χ4n) is 1.04. The van der Waals surface area contributed by atoms with Gasteiger partial charge in [0.1, 0.15) is 0 Å². The molecule has 0 nitrogen and oxygen atoms in total. The topological polar surface area (TPSA) is 0 Å². The molecule has 0 bridgehead atoms. The van der Waals surface area contributed by atoms with Crippen LogP contribution < -0.4 is 0 Å². The molecule has 0 heterocycles. The third kappa shape index (κ3) is 4.51. The minimum absolute atomic E-state index is 0.201. The van der Waals surface area contributed by atoms with Crippen molar-refractivity contribution in [2.24, 2.45) is 5.41 Å². The summed E-state index contributed by atoms with van der Waals surface area (Å²) in [5.74, 6) is 0. The van der Waals surface area contributed by atoms with Gasteiger partial charge in [-0.05, 0) is 23.5 Å². The lowest BCUT2D eigenvalue weighted by Crippen LogP contribution is -2.06. The Bertz CT molecular complexity index is 244. The molecular formula is C13H20. The molecule has 0 saturated carbocycles. The summed E-state index contributed by atoms with van der Waals surface area (Å²) in [4.78, 5) is 0. The van der Waals surface area contributed by atoms with Crippen molar-refractivity contribution in [2.75, 3.05) is 0 Å². The van der Waals surface area contributed by atoms with Crippen molar-refractivity contribution >= 4 is 0 Å². The van der Waals surface area contributed by atoms with E-state index < -0.39 is 0 Å². The first-order valence-corrected chi connectivity index (χ1v) is 4.58. The molecule has 0 radical (unpaired) electrons. The van der Waals surface area contributed by atoms with Crippen molar-refractivity contribution in [3.63, 3.8) is 0 Å². The average molecular weight is 176 g/mol. The van der Waals surface area contributed by atoms with Crippen LogP contribution >= 0.6 is 0 Å². The van der Waals surface area contributed by atoms with Crippen LogP contribution in [0, 0.1) is 5.41 Å². The van der Waals surface area contributed by atoms with E-state index in [-0.39, 0.29) is 5.41 Å². The van der Waals surface area contributed by atoms with E-state index in [9.17, 15) is 0 Å². The highest BCUT2D eigenvalue weighted by molar-refractivity contribution is 5.33. The Labute approximate surface area is 82.4 Å². The molecule has 0 atom stereocenters. The van der Waals surface area contributed by atoms with Gasteiger partial charge in [0.25, 0.3) is 0 Å². The second kappa shape index (κ2) is 4.86. The molecule has 0 aliphatic rings. The van der Waals surface area contributed by atoms with Gasteiger partial charge in [-0.15, -0.1) is 0 Å². The Balaban J connectivity index is 4.59. The Hall–Kier alpha value is -1.04. The van der Waals surface area contributed by atoms with Crippen molar-refractivity contribution in [3.8, 4) is 0 Å². The summed E-state index contributed by atoms with van der Waals surface area (Å²) in [5, 5.41) is 0. The molecule has 0 unspecified atom stereocenters. The Kier molecular flexibility index (Phi) is 4.47. The van der Waals surface area contributed by atoms with Gasteiger partial charge in [0.2, 0.25) is 0 Å². The highest BCUT2D eigenvalue weighted by Crippen LogP contribution is 2.26. The maximum Gasteiger partial charge on any atom is -0.0135 e. The minimum atomic E-state index is 0.201. The van der Waals surface area contributed by atoms with E-state index in [0.29, 0.717) is 0 Å². The lowest BCUT2D eigenvalue weighted by atomic mass is 9.86. The van der Waals surface area contributed by atoms with Crippen LogP contribution in [0.1, 0.15) is 27.7 Å². The number of rotatable bonds is 3. The van der Waals surface area contributed by atoms with E-state index >= 15 is 0 Å². The number of allylic oxidation sites excluding steroid dienone is 6. The van der Waals surface area contributed by atoms with Gasteiger partial charge in [0.15, 0.2) is 0 Å². The Morgan fingerprint density at radius 3 is 2.00 bits per heavy atom. The van der Waals surface area contributed by atoms with Crippen molar-refractivity contribution < 1.29 is 0 Å². The standard InChI is InChI=1S/C13H20/c1-7-11(3)9-10-12(8-2)13(4,5)6/h7-10H,1,3H2,2,4-6H3/b10-9-,12-8+. The fourth-order valence-corrected chi connectivity index (χ4v) is 1.04. The summed E-state index contributed by atoms with van der Waals surface area (Å²) in [6.07, 6.45) is 7.98. The molecule has 0 saturated heterocycles. The van der Waals surface area contributed by atoms with E-state index in [4.69, 9.17) is 0 Å². The van der Waals surface area contributed by atoms with Gasteiger partial charge in [0.05, 0.1) is 0 Å². The maximum absolute atomic E-state index is 3.83. The molecule has 0 amide bonds. The lowest BCUT2D eigenvalue weighted by molar-refractivity contribution is 0.516. The van der Waals surface area contributed by atoms with Gasteiger partial charge in [-0.1, -0.05) is 58.2 Å². The smallest absolute Gasteiger partial charge is 0.0135 e. The third-order valence-electron chi connectivity index (χ3n) is 1.92. The van der Waals surface area contributed by atoms with E-state index in [1.807, 2.05) is 6.08 Å². The van der Waals surface area contributed by atoms with Crippen LogP contribution in [0.3, 0.4) is 0 Å². The van der Waals surface area contributed by atoms with Crippen LogP contribution in [0.4, 0.5) is 0 Å². The summed E-state index contributed by atoms with van der Waals surface area (Å²) in [6.45, 7) is 16.1. The quantitative estimate of drug-likeness (QED) is 0.563. The molecule has 0 rings (SSSR count). The molecule has 0 aliphatic heterocycles. The van der Waals surface area contributed by atoms with Crippen molar-refractivity contribution in [3.05, 3.63) is 48.6 Å². The van der Waals surface area contributed by atoms with Gasteiger partial charge in [-0.2, -0.15) is 0 Å². The molecule has 13 heavy (non-hydrogen) atoms. The molecule has 0 aliphatic carbocycles. The minimum Gasteiger partial charge on any atom is -0.0985 e. The van der Waals surface area contributed by atoms with Gasteiger partial charge >= 0.3 is 0 Å². The van der Waals surface area contributed by atoms with Crippen LogP contribution in [0.25, 0.3) is 0 Å². The summed E-state index contributed by atoms with van der Waals surface area (Å²) >= 11 is 0. The van der Waals surface area contributed by atoms with Gasteiger partial charge < -0.3 is 0 Å². The largest absolute Gasteiger partial charge is 0.0985 e. The van der Waals surface area contributed by atoms with Crippen LogP contribution in [-0.2, 0) is 0 Å². The molecular weight excluding hydrogens is 156 g/mol. The first kappa shape index (κ1) is 12.0. The van der Waals surface area contributed by atoms with Crippen LogP contribution in [0.5, 0.6) is 0 Å². The van der Waals surface area contributed by atoms with E-state index in [0.717, 1.165) is 5.57 Å². The highest BCUT2D eigenvalue weighted by Gasteiger charge is 2.12. The molecule has 0 aromatic rings. The van der Waals surface area contributed by atoms with E-state index in [1.54, 1.807) is 6.08 Å². The predicted octanol–water partition coefficient (Wildman–Crippen LogP) is 4.28. The molecule has 0 aromatic heterocycles. The van der Waals surface area contributed by atoms with Gasteiger partial charge in [-0.25, -0.2) is 0 Å². The molecule has 72 valence electrons. The normalized spacial score (nSPS) is 13.4. The molecule has 0 spiro atoms. The Morgan fingerprint density at radius 1 is 1.15 bits per heavy atom. The van der Waals surface area contributed by atoms with Crippen LogP contribution in [0.15, 0.2) is 48.6 Å². The van der Waals surface area contributed by atoms with Crippen LogP contribution in [0.2, 0.25) is 0 Å². The van der Waals surface area contributed by atoms with E-state index in [1.165, 1.54) is 5.57 Å². The molecule has 0 aromatic carbocycles.